The molecule has 2 aromatic rings. The fourth-order valence-corrected chi connectivity index (χ4v) is 6.95. The van der Waals surface area contributed by atoms with Crippen molar-refractivity contribution in [3.8, 4) is 5.75 Å². The number of aliphatic carboxylic acids is 1. The van der Waals surface area contributed by atoms with Gasteiger partial charge in [0.2, 0.25) is 0 Å². The molecule has 7 heteroatoms. The minimum Gasteiger partial charge on any atom is -0.490 e. The van der Waals surface area contributed by atoms with E-state index < -0.39 is 17.7 Å². The van der Waals surface area contributed by atoms with Gasteiger partial charge in [0.05, 0.1) is 6.10 Å². The van der Waals surface area contributed by atoms with Gasteiger partial charge in [-0.25, -0.2) is 0 Å². The number of nitrogens with one attached hydrogen (secondary N) is 1. The monoisotopic (exact) mass is 517 g/mol. The zero-order valence-corrected chi connectivity index (χ0v) is 21.6. The molecule has 4 nitrogen and oxygen atoms in total. The first-order chi connectivity index (χ1) is 17.6. The largest absolute Gasteiger partial charge is 0.490 e. The molecule has 4 aliphatic carbocycles. The lowest BCUT2D eigenvalue weighted by Gasteiger charge is -2.54. The molecule has 0 aromatic heterocycles. The molecule has 202 valence electrons. The predicted octanol–water partition coefficient (Wildman–Crippen LogP) is 7.86. The zero-order valence-electron chi connectivity index (χ0n) is 21.6. The highest BCUT2D eigenvalue weighted by Crippen LogP contribution is 2.54. The van der Waals surface area contributed by atoms with Crippen LogP contribution in [0.5, 0.6) is 5.75 Å². The molecule has 4 saturated carbocycles. The third-order valence-corrected chi connectivity index (χ3v) is 9.52. The number of hydrogen-bond donors (Lipinski definition) is 2. The van der Waals surface area contributed by atoms with Gasteiger partial charge < -0.3 is 15.2 Å². The summed E-state index contributed by atoms with van der Waals surface area (Å²) in [6, 6.07) is 8.52. The SMILES string of the molecule is C[C@H]1CC[C@@H](Oc2ccc3cc(CNC45CCC(CCC(=O)O)(CC4)CC5)ccc3c2C(F)(F)F)CC1. The number of rotatable bonds is 8. The Morgan fingerprint density at radius 2 is 1.70 bits per heavy atom. The minimum atomic E-state index is -4.49. The number of carboxylic acids is 1. The quantitative estimate of drug-likeness (QED) is 0.374. The average molecular weight is 518 g/mol. The van der Waals surface area contributed by atoms with Crippen LogP contribution in [0.15, 0.2) is 30.3 Å². The van der Waals surface area contributed by atoms with E-state index in [9.17, 15) is 18.0 Å². The maximum Gasteiger partial charge on any atom is 0.420 e. The summed E-state index contributed by atoms with van der Waals surface area (Å²) in [6.45, 7) is 2.79. The average Bonchev–Trinajstić information content (AvgIpc) is 2.88. The van der Waals surface area contributed by atoms with Crippen molar-refractivity contribution in [1.82, 2.24) is 5.32 Å². The fraction of sp³-hybridized carbons (Fsp3) is 0.633. The minimum absolute atomic E-state index is 0.0479. The fourth-order valence-electron chi connectivity index (χ4n) is 6.95. The molecule has 0 unspecified atom stereocenters. The molecule has 4 aliphatic rings. The van der Waals surface area contributed by atoms with E-state index in [-0.39, 0.29) is 34.6 Å². The second kappa shape index (κ2) is 10.1. The molecular weight excluding hydrogens is 479 g/mol. The summed E-state index contributed by atoms with van der Waals surface area (Å²) < 4.78 is 48.5. The first-order valence-corrected chi connectivity index (χ1v) is 13.8. The Kier molecular flexibility index (Phi) is 7.20. The first kappa shape index (κ1) is 26.3. The van der Waals surface area contributed by atoms with Gasteiger partial charge in [0.25, 0.3) is 0 Å². The van der Waals surface area contributed by atoms with Gasteiger partial charge in [-0.05, 0) is 110 Å². The van der Waals surface area contributed by atoms with Crippen molar-refractivity contribution in [2.75, 3.05) is 0 Å². The van der Waals surface area contributed by atoms with Crippen LogP contribution in [0.1, 0.15) is 95.1 Å². The molecule has 2 aromatic carbocycles. The van der Waals surface area contributed by atoms with E-state index in [1.54, 1.807) is 18.2 Å². The number of hydrogen-bond acceptors (Lipinski definition) is 3. The molecule has 0 amide bonds. The number of fused-ring (bicyclic) bond motifs is 4. The molecule has 4 fully saturated rings. The second-order valence-electron chi connectivity index (χ2n) is 12.0. The van der Waals surface area contributed by atoms with Gasteiger partial charge in [-0.1, -0.05) is 25.1 Å². The molecule has 37 heavy (non-hydrogen) atoms. The van der Waals surface area contributed by atoms with E-state index in [0.29, 0.717) is 17.8 Å². The maximum absolute atomic E-state index is 14.2. The highest BCUT2D eigenvalue weighted by Gasteiger charge is 2.48. The Bertz CT molecular complexity index is 1110. The summed E-state index contributed by atoms with van der Waals surface area (Å²) in [6.07, 6.45) is 6.12. The predicted molar refractivity (Wildman–Crippen MR) is 138 cm³/mol. The summed E-state index contributed by atoms with van der Waals surface area (Å²) in [5, 5.41) is 13.6. The lowest BCUT2D eigenvalue weighted by molar-refractivity contribution is -0.139. The summed E-state index contributed by atoms with van der Waals surface area (Å²) in [5.41, 5.74) is 0.526. The standard InChI is InChI=1S/C30H38F3NO3/c1-20-2-6-23(7-3-20)37-25-9-5-22-18-21(4-8-24(22)27(25)30(31,32)33)19-34-29-15-12-28(13-16-29,14-17-29)11-10-26(35)36/h4-5,8-9,18,20,23,34H,2-3,6-7,10-17,19H2,1H3,(H,35,36)/t20-,23+,28?,29?. The van der Waals surface area contributed by atoms with Crippen molar-refractivity contribution in [2.45, 2.75) is 108 Å². The Balaban J connectivity index is 1.28. The van der Waals surface area contributed by atoms with Gasteiger partial charge in [0.1, 0.15) is 11.3 Å². The van der Waals surface area contributed by atoms with Crippen LogP contribution < -0.4 is 10.1 Å². The van der Waals surface area contributed by atoms with E-state index >= 15 is 0 Å². The summed E-state index contributed by atoms with van der Waals surface area (Å²) in [7, 11) is 0. The molecule has 2 N–H and O–H groups in total. The number of ether oxygens (including phenoxy) is 1. The second-order valence-corrected chi connectivity index (χ2v) is 12.0. The first-order valence-electron chi connectivity index (χ1n) is 13.8. The zero-order chi connectivity index (χ0) is 26.3. The lowest BCUT2D eigenvalue weighted by atomic mass is 9.56. The smallest absolute Gasteiger partial charge is 0.420 e. The van der Waals surface area contributed by atoms with Gasteiger partial charge >= 0.3 is 12.1 Å². The number of alkyl halides is 3. The van der Waals surface area contributed by atoms with Gasteiger partial charge in [-0.2, -0.15) is 13.2 Å². The molecule has 0 radical (unpaired) electrons. The third-order valence-electron chi connectivity index (χ3n) is 9.52. The van der Waals surface area contributed by atoms with Crippen LogP contribution in [0.25, 0.3) is 10.8 Å². The van der Waals surface area contributed by atoms with Crippen LogP contribution in [0.4, 0.5) is 13.2 Å². The van der Waals surface area contributed by atoms with Gasteiger partial charge in [0, 0.05) is 18.5 Å². The van der Waals surface area contributed by atoms with Crippen LogP contribution in [0.2, 0.25) is 0 Å². The van der Waals surface area contributed by atoms with Crippen LogP contribution in [0.3, 0.4) is 0 Å². The van der Waals surface area contributed by atoms with Crippen molar-refractivity contribution < 1.29 is 27.8 Å². The summed E-state index contributed by atoms with van der Waals surface area (Å²) >= 11 is 0. The van der Waals surface area contributed by atoms with Crippen molar-refractivity contribution in [3.63, 3.8) is 0 Å². The van der Waals surface area contributed by atoms with Gasteiger partial charge in [0.15, 0.2) is 0 Å². The van der Waals surface area contributed by atoms with Crippen LogP contribution in [-0.4, -0.2) is 22.7 Å². The summed E-state index contributed by atoms with van der Waals surface area (Å²) in [4.78, 5) is 11.0. The number of carbonyl (C=O) groups is 1. The van der Waals surface area contributed by atoms with Crippen molar-refractivity contribution in [1.29, 1.82) is 0 Å². The Labute approximate surface area is 217 Å². The lowest BCUT2D eigenvalue weighted by Crippen LogP contribution is -2.54. The topological polar surface area (TPSA) is 58.6 Å². The Morgan fingerprint density at radius 3 is 2.32 bits per heavy atom. The molecule has 0 saturated heterocycles. The van der Waals surface area contributed by atoms with E-state index in [1.807, 2.05) is 6.07 Å². The van der Waals surface area contributed by atoms with E-state index in [0.717, 1.165) is 76.2 Å². The van der Waals surface area contributed by atoms with Crippen LogP contribution in [-0.2, 0) is 17.5 Å². The van der Waals surface area contributed by atoms with E-state index in [4.69, 9.17) is 9.84 Å². The van der Waals surface area contributed by atoms with Gasteiger partial charge in [-0.15, -0.1) is 0 Å². The molecular formula is C30H38F3NO3. The molecule has 6 rings (SSSR count). The normalized spacial score (nSPS) is 29.9. The van der Waals surface area contributed by atoms with Crippen molar-refractivity contribution in [2.24, 2.45) is 11.3 Å². The number of carboxylic acid groups (broad SMARTS) is 1. The van der Waals surface area contributed by atoms with E-state index in [2.05, 4.69) is 12.2 Å². The molecule has 0 aliphatic heterocycles. The molecule has 0 atom stereocenters. The van der Waals surface area contributed by atoms with Crippen molar-refractivity contribution >= 4 is 16.7 Å². The third kappa shape index (κ3) is 5.76. The highest BCUT2D eigenvalue weighted by molar-refractivity contribution is 5.89. The molecule has 0 spiro atoms. The number of benzene rings is 2. The number of halogens is 3. The molecule has 2 bridgehead atoms. The Hall–Kier alpha value is -2.28. The van der Waals surface area contributed by atoms with E-state index in [1.165, 1.54) is 6.07 Å². The maximum atomic E-state index is 14.2. The van der Waals surface area contributed by atoms with Crippen LogP contribution >= 0.6 is 0 Å². The molecule has 0 heterocycles. The van der Waals surface area contributed by atoms with Crippen molar-refractivity contribution in [3.05, 3.63) is 41.5 Å². The Morgan fingerprint density at radius 1 is 1.03 bits per heavy atom. The van der Waals surface area contributed by atoms with Crippen LogP contribution in [0, 0.1) is 11.3 Å². The van der Waals surface area contributed by atoms with Gasteiger partial charge in [-0.3, -0.25) is 4.79 Å². The highest BCUT2D eigenvalue weighted by atomic mass is 19.4. The summed E-state index contributed by atoms with van der Waals surface area (Å²) in [5.74, 6) is -0.172.